The lowest BCUT2D eigenvalue weighted by molar-refractivity contribution is -0.129. The number of piperidine rings is 1. The van der Waals surface area contributed by atoms with Gasteiger partial charge in [0.1, 0.15) is 11.6 Å². The Bertz CT molecular complexity index is 855. The van der Waals surface area contributed by atoms with E-state index in [2.05, 4.69) is 21.3 Å². The van der Waals surface area contributed by atoms with Gasteiger partial charge in [-0.1, -0.05) is 12.5 Å². The van der Waals surface area contributed by atoms with E-state index in [4.69, 9.17) is 9.97 Å². The molecule has 2 aromatic heterocycles. The van der Waals surface area contributed by atoms with Crippen LogP contribution in [0.1, 0.15) is 54.9 Å². The normalized spacial score (nSPS) is 19.9. The first-order valence-electron chi connectivity index (χ1n) is 10.1. The second kappa shape index (κ2) is 8.22. The van der Waals surface area contributed by atoms with Crippen LogP contribution in [0.15, 0.2) is 24.5 Å². The summed E-state index contributed by atoms with van der Waals surface area (Å²) in [6, 6.07) is 4.36. The van der Waals surface area contributed by atoms with E-state index in [0.717, 1.165) is 55.4 Å². The van der Waals surface area contributed by atoms with Crippen LogP contribution >= 0.6 is 0 Å². The van der Waals surface area contributed by atoms with Crippen molar-refractivity contribution in [1.29, 1.82) is 0 Å². The highest BCUT2D eigenvalue weighted by atomic mass is 16.2. The average molecular weight is 380 g/mol. The van der Waals surface area contributed by atoms with Crippen LogP contribution in [0.3, 0.4) is 0 Å². The summed E-state index contributed by atoms with van der Waals surface area (Å²) in [5, 5.41) is 3.19. The lowest BCUT2D eigenvalue weighted by Crippen LogP contribution is -2.37. The fourth-order valence-corrected chi connectivity index (χ4v) is 4.24. The summed E-state index contributed by atoms with van der Waals surface area (Å²) in [6.07, 6.45) is 8.04. The molecule has 148 valence electrons. The molecular weight excluding hydrogens is 352 g/mol. The lowest BCUT2D eigenvalue weighted by Gasteiger charge is -2.35. The van der Waals surface area contributed by atoms with Crippen LogP contribution in [0.2, 0.25) is 0 Å². The van der Waals surface area contributed by atoms with Gasteiger partial charge in [0.2, 0.25) is 5.91 Å². The van der Waals surface area contributed by atoms with E-state index in [1.165, 1.54) is 18.4 Å². The Morgan fingerprint density at radius 1 is 1.29 bits per heavy atom. The largest absolute Gasteiger partial charge is 0.373 e. The summed E-state index contributed by atoms with van der Waals surface area (Å²) in [5.41, 5.74) is 3.38. The molecule has 2 aliphatic heterocycles. The first-order valence-corrected chi connectivity index (χ1v) is 10.1. The third kappa shape index (κ3) is 3.85. The summed E-state index contributed by atoms with van der Waals surface area (Å²) < 4.78 is 0. The van der Waals surface area contributed by atoms with Gasteiger partial charge in [0, 0.05) is 63.5 Å². The van der Waals surface area contributed by atoms with Gasteiger partial charge in [-0.05, 0) is 25.5 Å². The third-order valence-corrected chi connectivity index (χ3v) is 5.81. The van der Waals surface area contributed by atoms with Crippen molar-refractivity contribution in [3.63, 3.8) is 0 Å². The number of fused-ring (bicyclic) bond motifs is 1. The molecule has 1 N–H and O–H groups in total. The van der Waals surface area contributed by atoms with Crippen molar-refractivity contribution < 1.29 is 4.79 Å². The Morgan fingerprint density at radius 3 is 3.00 bits per heavy atom. The van der Waals surface area contributed by atoms with Crippen molar-refractivity contribution >= 4 is 11.7 Å². The molecule has 0 saturated carbocycles. The number of amides is 1. The molecule has 1 amide bonds. The van der Waals surface area contributed by atoms with Gasteiger partial charge in [0.25, 0.3) is 0 Å². The van der Waals surface area contributed by atoms with Crippen molar-refractivity contribution in [3.05, 3.63) is 47.2 Å². The number of aromatic nitrogens is 3. The summed E-state index contributed by atoms with van der Waals surface area (Å²) in [5.74, 6) is 1.97. The molecular formula is C21H28N6O. The van der Waals surface area contributed by atoms with E-state index < -0.39 is 0 Å². The van der Waals surface area contributed by atoms with E-state index in [-0.39, 0.29) is 11.9 Å². The Kier molecular flexibility index (Phi) is 5.52. The molecule has 28 heavy (non-hydrogen) atoms. The molecule has 2 aromatic rings. The van der Waals surface area contributed by atoms with Crippen LogP contribution in [0.4, 0.5) is 5.82 Å². The van der Waals surface area contributed by atoms with Crippen molar-refractivity contribution in [3.8, 4) is 0 Å². The van der Waals surface area contributed by atoms with E-state index in [9.17, 15) is 4.79 Å². The van der Waals surface area contributed by atoms with Gasteiger partial charge in [-0.3, -0.25) is 9.69 Å². The number of nitrogens with zero attached hydrogens (tertiary/aromatic N) is 5. The van der Waals surface area contributed by atoms with Crippen molar-refractivity contribution in [2.24, 2.45) is 0 Å². The SMILES string of the molecule is CNc1ncccc1CN1CCCC[C@@H]1c1ncc2c(n1)CCN(C(C)=O)C2. The first kappa shape index (κ1) is 18.8. The van der Waals surface area contributed by atoms with Crippen LogP contribution in [0, 0.1) is 0 Å². The molecule has 4 heterocycles. The topological polar surface area (TPSA) is 74.2 Å². The molecule has 0 radical (unpaired) electrons. The molecule has 1 atom stereocenters. The summed E-state index contributed by atoms with van der Waals surface area (Å²) in [4.78, 5) is 30.1. The number of hydrogen-bond donors (Lipinski definition) is 1. The molecule has 0 bridgehead atoms. The predicted molar refractivity (Wildman–Crippen MR) is 108 cm³/mol. The first-order chi connectivity index (χ1) is 13.7. The van der Waals surface area contributed by atoms with Gasteiger partial charge in [-0.2, -0.15) is 0 Å². The quantitative estimate of drug-likeness (QED) is 0.879. The molecule has 4 rings (SSSR count). The minimum Gasteiger partial charge on any atom is -0.373 e. The molecule has 1 saturated heterocycles. The Morgan fingerprint density at radius 2 is 2.18 bits per heavy atom. The zero-order valence-corrected chi connectivity index (χ0v) is 16.7. The van der Waals surface area contributed by atoms with E-state index >= 15 is 0 Å². The predicted octanol–water partition coefficient (Wildman–Crippen LogP) is 2.55. The van der Waals surface area contributed by atoms with Crippen LogP contribution in [0.5, 0.6) is 0 Å². The number of rotatable bonds is 4. The van der Waals surface area contributed by atoms with Crippen molar-refractivity contribution in [1.82, 2.24) is 24.8 Å². The maximum Gasteiger partial charge on any atom is 0.219 e. The van der Waals surface area contributed by atoms with Gasteiger partial charge in [0.15, 0.2) is 0 Å². The molecule has 0 aromatic carbocycles. The zero-order chi connectivity index (χ0) is 19.5. The molecule has 0 aliphatic carbocycles. The van der Waals surface area contributed by atoms with Gasteiger partial charge in [0.05, 0.1) is 11.7 Å². The van der Waals surface area contributed by atoms with Crippen LogP contribution in [-0.4, -0.2) is 50.8 Å². The summed E-state index contributed by atoms with van der Waals surface area (Å²) in [6.45, 7) is 4.88. The smallest absolute Gasteiger partial charge is 0.219 e. The zero-order valence-electron chi connectivity index (χ0n) is 16.7. The van der Waals surface area contributed by atoms with Gasteiger partial charge in [-0.15, -0.1) is 0 Å². The van der Waals surface area contributed by atoms with E-state index in [1.54, 1.807) is 6.92 Å². The third-order valence-electron chi connectivity index (χ3n) is 5.81. The standard InChI is InChI=1S/C21H28N6O/c1-15(28)26-11-8-18-17(14-26)12-24-21(25-18)19-7-3-4-10-27(19)13-16-6-5-9-23-20(16)22-2/h5-6,9,12,19H,3-4,7-8,10-11,13-14H2,1-2H3,(H,22,23)/t19-/m1/s1. The van der Waals surface area contributed by atoms with E-state index in [1.807, 2.05) is 30.4 Å². The molecule has 2 aliphatic rings. The molecule has 1 fully saturated rings. The number of hydrogen-bond acceptors (Lipinski definition) is 6. The maximum atomic E-state index is 11.7. The average Bonchev–Trinajstić information content (AvgIpc) is 2.73. The molecule has 0 spiro atoms. The van der Waals surface area contributed by atoms with Crippen LogP contribution < -0.4 is 5.32 Å². The molecule has 7 nitrogen and oxygen atoms in total. The Hall–Kier alpha value is -2.54. The van der Waals surface area contributed by atoms with Crippen LogP contribution in [0.25, 0.3) is 0 Å². The number of carbonyl (C=O) groups excluding carboxylic acids is 1. The number of likely N-dealkylation sites (tertiary alicyclic amines) is 1. The number of pyridine rings is 1. The monoisotopic (exact) mass is 380 g/mol. The van der Waals surface area contributed by atoms with Gasteiger partial charge < -0.3 is 10.2 Å². The van der Waals surface area contributed by atoms with Gasteiger partial charge in [-0.25, -0.2) is 15.0 Å². The fourth-order valence-electron chi connectivity index (χ4n) is 4.24. The highest BCUT2D eigenvalue weighted by Crippen LogP contribution is 2.32. The van der Waals surface area contributed by atoms with E-state index in [0.29, 0.717) is 6.54 Å². The lowest BCUT2D eigenvalue weighted by atomic mass is 9.99. The Labute approximate surface area is 166 Å². The number of nitrogens with one attached hydrogen (secondary N) is 1. The highest BCUT2D eigenvalue weighted by molar-refractivity contribution is 5.73. The van der Waals surface area contributed by atoms with Crippen LogP contribution in [-0.2, 0) is 24.3 Å². The summed E-state index contributed by atoms with van der Waals surface area (Å²) >= 11 is 0. The van der Waals surface area contributed by atoms with Crippen molar-refractivity contribution in [2.45, 2.75) is 51.7 Å². The molecule has 0 unspecified atom stereocenters. The maximum absolute atomic E-state index is 11.7. The summed E-state index contributed by atoms with van der Waals surface area (Å²) in [7, 11) is 1.91. The van der Waals surface area contributed by atoms with Crippen molar-refractivity contribution in [2.75, 3.05) is 25.5 Å². The highest BCUT2D eigenvalue weighted by Gasteiger charge is 2.28. The second-order valence-electron chi connectivity index (χ2n) is 7.63. The number of carbonyl (C=O) groups is 1. The molecule has 7 heteroatoms. The second-order valence-corrected chi connectivity index (χ2v) is 7.63. The number of anilines is 1. The fraction of sp³-hybridized carbons (Fsp3) is 0.524. The Balaban J connectivity index is 1.56. The minimum atomic E-state index is 0.116. The van der Waals surface area contributed by atoms with Gasteiger partial charge >= 0.3 is 0 Å². The minimum absolute atomic E-state index is 0.116.